The fraction of sp³-hybridized carbons (Fsp3) is 0.387. The number of halogens is 2. The first kappa shape index (κ1) is 26.6. The molecule has 0 amide bonds. The van der Waals surface area contributed by atoms with E-state index < -0.39 is 23.4 Å². The molecule has 0 aromatic heterocycles. The maximum atomic E-state index is 15.7. The lowest BCUT2D eigenvalue weighted by atomic mass is 9.82. The normalized spacial score (nSPS) is 15.2. The Labute approximate surface area is 217 Å². The van der Waals surface area contributed by atoms with Crippen LogP contribution in [0.15, 0.2) is 60.7 Å². The molecule has 4 rings (SSSR count). The number of carbonyl (C=O) groups is 1. The summed E-state index contributed by atoms with van der Waals surface area (Å²) in [6.45, 7) is 5.63. The van der Waals surface area contributed by atoms with Crippen LogP contribution >= 0.6 is 0 Å². The Kier molecular flexibility index (Phi) is 7.86. The molecule has 196 valence electrons. The maximum Gasteiger partial charge on any atom is 0.303 e. The molecule has 2 atom stereocenters. The fourth-order valence-corrected chi connectivity index (χ4v) is 4.71. The van der Waals surface area contributed by atoms with Gasteiger partial charge in [0.2, 0.25) is 0 Å². The number of benzene rings is 3. The van der Waals surface area contributed by atoms with Crippen LogP contribution in [0.3, 0.4) is 0 Å². The Morgan fingerprint density at radius 1 is 1.03 bits per heavy atom. The zero-order valence-electron chi connectivity index (χ0n) is 21.8. The van der Waals surface area contributed by atoms with Gasteiger partial charge in [-0.2, -0.15) is 0 Å². The van der Waals surface area contributed by atoms with Crippen molar-refractivity contribution >= 4 is 5.97 Å². The lowest BCUT2D eigenvalue weighted by molar-refractivity contribution is -0.137. The zero-order valence-corrected chi connectivity index (χ0v) is 21.8. The third-order valence-corrected chi connectivity index (χ3v) is 6.89. The highest BCUT2D eigenvalue weighted by Crippen LogP contribution is 2.45. The number of alkyl halides is 1. The summed E-state index contributed by atoms with van der Waals surface area (Å²) < 4.78 is 41.8. The van der Waals surface area contributed by atoms with Gasteiger partial charge in [0, 0.05) is 5.56 Å². The van der Waals surface area contributed by atoms with Crippen LogP contribution in [0.25, 0.3) is 11.1 Å². The second-order valence-corrected chi connectivity index (χ2v) is 10.9. The molecule has 0 radical (unpaired) electrons. The molecule has 0 spiro atoms. The molecule has 1 N–H and O–H groups in total. The second-order valence-electron chi connectivity index (χ2n) is 10.9. The maximum absolute atomic E-state index is 15.7. The van der Waals surface area contributed by atoms with Crippen LogP contribution in [0.4, 0.5) is 8.78 Å². The molecule has 3 aromatic carbocycles. The number of rotatable bonds is 10. The first-order valence-electron chi connectivity index (χ1n) is 12.6. The molecule has 6 heteroatoms. The van der Waals surface area contributed by atoms with Gasteiger partial charge in [-0.05, 0) is 88.7 Å². The molecule has 1 aliphatic rings. The molecule has 37 heavy (non-hydrogen) atoms. The Morgan fingerprint density at radius 3 is 2.43 bits per heavy atom. The Morgan fingerprint density at radius 2 is 1.78 bits per heavy atom. The quantitative estimate of drug-likeness (QED) is 0.301. The summed E-state index contributed by atoms with van der Waals surface area (Å²) >= 11 is 0. The third-order valence-electron chi connectivity index (χ3n) is 6.89. The van der Waals surface area contributed by atoms with Gasteiger partial charge in [0.15, 0.2) is 0 Å². The van der Waals surface area contributed by atoms with Crippen molar-refractivity contribution in [1.82, 2.24) is 0 Å². The van der Waals surface area contributed by atoms with Gasteiger partial charge < -0.3 is 14.6 Å². The molecule has 1 fully saturated rings. The third kappa shape index (κ3) is 6.48. The van der Waals surface area contributed by atoms with Crippen molar-refractivity contribution in [2.45, 2.75) is 58.7 Å². The first-order chi connectivity index (χ1) is 17.6. The summed E-state index contributed by atoms with van der Waals surface area (Å²) in [5.74, 6) is 0.249. The number of methoxy groups -OCH3 is 1. The SMILES string of the molecule is COc1ccc(F)c(-c2ccc(COc3cccc(C(CC(=O)O)C4CC4)c3)cc2C(F)C(C)(C)C)c1. The van der Waals surface area contributed by atoms with E-state index in [2.05, 4.69) is 0 Å². The number of carboxylic acids is 1. The van der Waals surface area contributed by atoms with Gasteiger partial charge in [0.1, 0.15) is 30.1 Å². The number of ether oxygens (including phenoxy) is 2. The molecular formula is C31H34F2O4. The summed E-state index contributed by atoms with van der Waals surface area (Å²) in [6, 6.07) is 17.3. The fourth-order valence-electron chi connectivity index (χ4n) is 4.71. The first-order valence-corrected chi connectivity index (χ1v) is 12.6. The minimum atomic E-state index is -1.34. The molecular weight excluding hydrogens is 474 g/mol. The van der Waals surface area contributed by atoms with E-state index in [1.807, 2.05) is 51.1 Å². The largest absolute Gasteiger partial charge is 0.497 e. The van der Waals surface area contributed by atoms with E-state index in [-0.39, 0.29) is 24.5 Å². The van der Waals surface area contributed by atoms with Crippen molar-refractivity contribution in [2.24, 2.45) is 11.3 Å². The predicted octanol–water partition coefficient (Wildman–Crippen LogP) is 8.11. The highest BCUT2D eigenvalue weighted by molar-refractivity contribution is 5.71. The van der Waals surface area contributed by atoms with Gasteiger partial charge in [-0.1, -0.05) is 45.0 Å². The smallest absolute Gasteiger partial charge is 0.303 e. The van der Waals surface area contributed by atoms with Crippen LogP contribution in [0, 0.1) is 17.2 Å². The Hall–Kier alpha value is -3.41. The Balaban J connectivity index is 1.61. The predicted molar refractivity (Wildman–Crippen MR) is 140 cm³/mol. The molecule has 2 unspecified atom stereocenters. The van der Waals surface area contributed by atoms with E-state index in [0.29, 0.717) is 28.5 Å². The monoisotopic (exact) mass is 508 g/mol. The molecule has 0 bridgehead atoms. The minimum absolute atomic E-state index is 0.0243. The molecule has 0 saturated heterocycles. The topological polar surface area (TPSA) is 55.8 Å². The number of carboxylic acid groups (broad SMARTS) is 1. The van der Waals surface area contributed by atoms with Gasteiger partial charge in [-0.25, -0.2) is 8.78 Å². The molecule has 0 aliphatic heterocycles. The number of hydrogen-bond acceptors (Lipinski definition) is 3. The molecule has 3 aromatic rings. The van der Waals surface area contributed by atoms with Gasteiger partial charge in [0.05, 0.1) is 13.5 Å². The van der Waals surface area contributed by atoms with Crippen LogP contribution in [-0.4, -0.2) is 18.2 Å². The second kappa shape index (κ2) is 10.9. The summed E-state index contributed by atoms with van der Waals surface area (Å²) in [7, 11) is 1.51. The summed E-state index contributed by atoms with van der Waals surface area (Å²) in [5, 5.41) is 9.33. The van der Waals surface area contributed by atoms with Crippen molar-refractivity contribution in [3.63, 3.8) is 0 Å². The summed E-state index contributed by atoms with van der Waals surface area (Å²) in [6.07, 6.45) is 0.852. The minimum Gasteiger partial charge on any atom is -0.497 e. The van der Waals surface area contributed by atoms with E-state index in [4.69, 9.17) is 9.47 Å². The van der Waals surface area contributed by atoms with Crippen molar-refractivity contribution in [3.8, 4) is 22.6 Å². The van der Waals surface area contributed by atoms with E-state index in [0.717, 1.165) is 24.0 Å². The lowest BCUT2D eigenvalue weighted by Crippen LogP contribution is -2.15. The van der Waals surface area contributed by atoms with Crippen molar-refractivity contribution < 1.29 is 28.2 Å². The van der Waals surface area contributed by atoms with Gasteiger partial charge >= 0.3 is 5.97 Å². The molecule has 4 nitrogen and oxygen atoms in total. The van der Waals surface area contributed by atoms with Crippen molar-refractivity contribution in [3.05, 3.63) is 83.2 Å². The summed E-state index contributed by atoms with van der Waals surface area (Å²) in [5.41, 5.74) is 2.17. The van der Waals surface area contributed by atoms with E-state index in [1.165, 1.54) is 19.2 Å². The van der Waals surface area contributed by atoms with E-state index in [9.17, 15) is 14.3 Å². The number of aliphatic carboxylic acids is 1. The van der Waals surface area contributed by atoms with Gasteiger partial charge in [-0.15, -0.1) is 0 Å². The Bertz CT molecular complexity index is 1260. The van der Waals surface area contributed by atoms with Crippen LogP contribution in [-0.2, 0) is 11.4 Å². The van der Waals surface area contributed by atoms with E-state index in [1.54, 1.807) is 18.2 Å². The standard InChI is InChI=1S/C31H34F2O4/c1-31(2,3)30(33)27-14-19(8-12-24(27)26-16-22(36-4)11-13-28(26)32)18-37-23-7-5-6-21(15-23)25(17-29(34)35)20-9-10-20/h5-8,11-16,20,25,30H,9-10,17-18H2,1-4H3,(H,34,35). The van der Waals surface area contributed by atoms with Gasteiger partial charge in [0.25, 0.3) is 0 Å². The van der Waals surface area contributed by atoms with E-state index >= 15 is 4.39 Å². The van der Waals surface area contributed by atoms with Crippen LogP contribution < -0.4 is 9.47 Å². The average molecular weight is 509 g/mol. The highest BCUT2D eigenvalue weighted by Gasteiger charge is 2.34. The number of hydrogen-bond donors (Lipinski definition) is 1. The van der Waals surface area contributed by atoms with Gasteiger partial charge in [-0.3, -0.25) is 4.79 Å². The average Bonchev–Trinajstić information content (AvgIpc) is 3.71. The summed E-state index contributed by atoms with van der Waals surface area (Å²) in [4.78, 5) is 11.4. The molecule has 1 aliphatic carbocycles. The zero-order chi connectivity index (χ0) is 26.7. The highest BCUT2D eigenvalue weighted by atomic mass is 19.1. The molecule has 1 saturated carbocycles. The lowest BCUT2D eigenvalue weighted by Gasteiger charge is -2.27. The van der Waals surface area contributed by atoms with Crippen molar-refractivity contribution in [1.29, 1.82) is 0 Å². The van der Waals surface area contributed by atoms with Crippen LogP contribution in [0.5, 0.6) is 11.5 Å². The molecule has 0 heterocycles. The van der Waals surface area contributed by atoms with Crippen LogP contribution in [0.2, 0.25) is 0 Å². The van der Waals surface area contributed by atoms with Crippen molar-refractivity contribution in [2.75, 3.05) is 7.11 Å². The van der Waals surface area contributed by atoms with Crippen LogP contribution in [0.1, 0.15) is 68.8 Å².